The molecule has 0 aliphatic heterocycles. The van der Waals surface area contributed by atoms with Crippen LogP contribution >= 0.6 is 0 Å². The van der Waals surface area contributed by atoms with Crippen LogP contribution in [-0.4, -0.2) is 42.0 Å². The van der Waals surface area contributed by atoms with Crippen molar-refractivity contribution in [3.8, 4) is 5.75 Å². The molecule has 0 aromatic heterocycles. The van der Waals surface area contributed by atoms with Crippen LogP contribution in [0.4, 0.5) is 0 Å². The first kappa shape index (κ1) is 15.5. The summed E-state index contributed by atoms with van der Waals surface area (Å²) >= 11 is 0. The first-order chi connectivity index (χ1) is 9.15. The maximum absolute atomic E-state index is 9.55. The van der Waals surface area contributed by atoms with Gasteiger partial charge in [0.15, 0.2) is 0 Å². The molecular formula is C14H21NO4. The van der Waals surface area contributed by atoms with Gasteiger partial charge < -0.3 is 19.8 Å². The van der Waals surface area contributed by atoms with Crippen LogP contribution in [-0.2, 0) is 11.2 Å². The zero-order valence-electron chi connectivity index (χ0n) is 11.4. The van der Waals surface area contributed by atoms with Crippen LogP contribution in [0.25, 0.3) is 0 Å². The number of nitrogens with zero attached hydrogens (tertiary/aromatic N) is 1. The number of benzene rings is 1. The number of oxime groups is 1. The molecule has 0 aliphatic carbocycles. The van der Waals surface area contributed by atoms with Gasteiger partial charge in [0.05, 0.1) is 12.3 Å². The van der Waals surface area contributed by atoms with Gasteiger partial charge in [-0.1, -0.05) is 17.3 Å². The predicted molar refractivity (Wildman–Crippen MR) is 73.0 cm³/mol. The Labute approximate surface area is 113 Å². The minimum atomic E-state index is -0.622. The average molecular weight is 267 g/mol. The van der Waals surface area contributed by atoms with Gasteiger partial charge in [-0.15, -0.1) is 0 Å². The number of ether oxygens (including phenoxy) is 2. The molecule has 19 heavy (non-hydrogen) atoms. The minimum absolute atomic E-state index is 0.205. The monoisotopic (exact) mass is 267 g/mol. The van der Waals surface area contributed by atoms with Crippen molar-refractivity contribution in [3.63, 3.8) is 0 Å². The van der Waals surface area contributed by atoms with Gasteiger partial charge >= 0.3 is 0 Å². The van der Waals surface area contributed by atoms with Crippen molar-refractivity contribution < 1.29 is 19.8 Å². The highest BCUT2D eigenvalue weighted by molar-refractivity contribution is 5.83. The second-order valence-electron chi connectivity index (χ2n) is 4.28. The fraction of sp³-hybridized carbons (Fsp3) is 0.500. The summed E-state index contributed by atoms with van der Waals surface area (Å²) in [5.74, 6) is 0.692. The zero-order chi connectivity index (χ0) is 14.1. The first-order valence-corrected chi connectivity index (χ1v) is 6.30. The standard InChI is InChI=1S/C14H21NO4/c1-3-18-9-13(16)10-19-14-6-4-12(5-7-14)8-11(2)15-17/h4-7,13,16-17H,3,8-10H2,1-2H3/b15-11+. The maximum atomic E-state index is 9.55. The van der Waals surface area contributed by atoms with E-state index in [1.54, 1.807) is 6.92 Å². The molecule has 0 heterocycles. The third kappa shape index (κ3) is 6.22. The van der Waals surface area contributed by atoms with Crippen LogP contribution in [0.1, 0.15) is 19.4 Å². The molecule has 1 atom stereocenters. The van der Waals surface area contributed by atoms with E-state index >= 15 is 0 Å². The molecule has 5 nitrogen and oxygen atoms in total. The van der Waals surface area contributed by atoms with Gasteiger partial charge in [-0.3, -0.25) is 0 Å². The average Bonchev–Trinajstić information content (AvgIpc) is 2.44. The molecule has 5 heteroatoms. The van der Waals surface area contributed by atoms with Gasteiger partial charge in [0.25, 0.3) is 0 Å². The lowest BCUT2D eigenvalue weighted by Crippen LogP contribution is -2.23. The topological polar surface area (TPSA) is 71.3 Å². The van der Waals surface area contributed by atoms with Crippen molar-refractivity contribution in [1.29, 1.82) is 0 Å². The van der Waals surface area contributed by atoms with E-state index < -0.39 is 6.10 Å². The largest absolute Gasteiger partial charge is 0.491 e. The first-order valence-electron chi connectivity index (χ1n) is 6.30. The molecule has 0 aliphatic rings. The maximum Gasteiger partial charge on any atom is 0.119 e. The van der Waals surface area contributed by atoms with Crippen LogP contribution in [0.2, 0.25) is 0 Å². The van der Waals surface area contributed by atoms with E-state index in [0.717, 1.165) is 5.56 Å². The van der Waals surface area contributed by atoms with Gasteiger partial charge in [-0.2, -0.15) is 0 Å². The fourth-order valence-corrected chi connectivity index (χ4v) is 1.53. The Kier molecular flexibility index (Phi) is 6.92. The van der Waals surface area contributed by atoms with Crippen LogP contribution < -0.4 is 4.74 Å². The molecule has 2 N–H and O–H groups in total. The summed E-state index contributed by atoms with van der Waals surface area (Å²) in [7, 11) is 0. The fourth-order valence-electron chi connectivity index (χ4n) is 1.53. The van der Waals surface area contributed by atoms with Gasteiger partial charge in [0, 0.05) is 13.0 Å². The van der Waals surface area contributed by atoms with Gasteiger partial charge in [0.1, 0.15) is 18.5 Å². The summed E-state index contributed by atoms with van der Waals surface area (Å²) < 4.78 is 10.5. The molecule has 1 unspecified atom stereocenters. The second kappa shape index (κ2) is 8.50. The van der Waals surface area contributed by atoms with Gasteiger partial charge in [-0.05, 0) is 31.5 Å². The minimum Gasteiger partial charge on any atom is -0.491 e. The molecule has 0 spiro atoms. The number of hydrogen-bond acceptors (Lipinski definition) is 5. The smallest absolute Gasteiger partial charge is 0.119 e. The summed E-state index contributed by atoms with van der Waals surface area (Å²) in [5, 5.41) is 21.3. The summed E-state index contributed by atoms with van der Waals surface area (Å²) in [6.07, 6.45) is -0.0209. The predicted octanol–water partition coefficient (Wildman–Crippen LogP) is 1.86. The molecule has 0 amide bonds. The van der Waals surface area contributed by atoms with Crippen LogP contribution in [0.3, 0.4) is 0 Å². The van der Waals surface area contributed by atoms with Crippen molar-refractivity contribution in [2.75, 3.05) is 19.8 Å². The van der Waals surface area contributed by atoms with E-state index in [-0.39, 0.29) is 13.2 Å². The lowest BCUT2D eigenvalue weighted by molar-refractivity contribution is 0.0164. The lowest BCUT2D eigenvalue weighted by atomic mass is 10.1. The molecule has 0 bridgehead atoms. The summed E-state index contributed by atoms with van der Waals surface area (Å²) in [6.45, 7) is 4.70. The van der Waals surface area contributed by atoms with Gasteiger partial charge in [0.2, 0.25) is 0 Å². The molecule has 1 aromatic carbocycles. The normalized spacial score (nSPS) is 13.3. The Morgan fingerprint density at radius 1 is 1.26 bits per heavy atom. The highest BCUT2D eigenvalue weighted by Gasteiger charge is 2.05. The molecule has 0 radical (unpaired) electrons. The summed E-state index contributed by atoms with van der Waals surface area (Å²) in [4.78, 5) is 0. The van der Waals surface area contributed by atoms with Gasteiger partial charge in [-0.25, -0.2) is 0 Å². The third-order valence-electron chi connectivity index (χ3n) is 2.51. The second-order valence-corrected chi connectivity index (χ2v) is 4.28. The summed E-state index contributed by atoms with van der Waals surface area (Å²) in [6, 6.07) is 7.46. The van der Waals surface area contributed by atoms with Crippen LogP contribution in [0.5, 0.6) is 5.75 Å². The van der Waals surface area contributed by atoms with Crippen molar-refractivity contribution in [1.82, 2.24) is 0 Å². The number of rotatable bonds is 8. The Hall–Kier alpha value is -1.59. The van der Waals surface area contributed by atoms with Crippen molar-refractivity contribution in [2.24, 2.45) is 5.16 Å². The highest BCUT2D eigenvalue weighted by Crippen LogP contribution is 2.13. The molecule has 0 saturated carbocycles. The van der Waals surface area contributed by atoms with E-state index in [9.17, 15) is 5.11 Å². The molecule has 106 valence electrons. The number of aliphatic hydroxyl groups is 1. The molecule has 1 aromatic rings. The Morgan fingerprint density at radius 3 is 2.53 bits per heavy atom. The van der Waals surface area contributed by atoms with E-state index in [1.165, 1.54) is 0 Å². The highest BCUT2D eigenvalue weighted by atomic mass is 16.5. The van der Waals surface area contributed by atoms with E-state index in [2.05, 4.69) is 5.16 Å². The van der Waals surface area contributed by atoms with Crippen LogP contribution in [0, 0.1) is 0 Å². The Morgan fingerprint density at radius 2 is 1.95 bits per heavy atom. The van der Waals surface area contributed by atoms with Crippen molar-refractivity contribution in [3.05, 3.63) is 29.8 Å². The van der Waals surface area contributed by atoms with Crippen molar-refractivity contribution >= 4 is 5.71 Å². The molecule has 0 saturated heterocycles. The molecule has 1 rings (SSSR count). The lowest BCUT2D eigenvalue weighted by Gasteiger charge is -2.12. The SMILES string of the molecule is CCOCC(O)COc1ccc(C/C(C)=N/O)cc1. The van der Waals surface area contributed by atoms with Crippen molar-refractivity contribution in [2.45, 2.75) is 26.4 Å². The van der Waals surface area contributed by atoms with E-state index in [0.29, 0.717) is 24.5 Å². The molecular weight excluding hydrogens is 246 g/mol. The van der Waals surface area contributed by atoms with E-state index in [4.69, 9.17) is 14.7 Å². The zero-order valence-corrected chi connectivity index (χ0v) is 11.4. The van der Waals surface area contributed by atoms with E-state index in [1.807, 2.05) is 31.2 Å². The Balaban J connectivity index is 2.39. The third-order valence-corrected chi connectivity index (χ3v) is 2.51. The Bertz CT molecular complexity index is 389. The quantitative estimate of drug-likeness (QED) is 0.428. The molecule has 0 fully saturated rings. The van der Waals surface area contributed by atoms with Crippen LogP contribution in [0.15, 0.2) is 29.4 Å². The summed E-state index contributed by atoms with van der Waals surface area (Å²) in [5.41, 5.74) is 1.69. The number of aliphatic hydroxyl groups excluding tert-OH is 1. The number of hydrogen-bond donors (Lipinski definition) is 2.